The Balaban J connectivity index is 1.06. The van der Waals surface area contributed by atoms with Crippen LogP contribution in [-0.4, -0.2) is 150 Å². The third kappa shape index (κ3) is 6.88. The maximum Gasteiger partial charge on any atom is 0.187 e. The minimum absolute atomic E-state index is 0.00643. The molecule has 10 N–H and O–H groups in total. The zero-order chi connectivity index (χ0) is 37.2. The van der Waals surface area contributed by atoms with Gasteiger partial charge in [-0.1, -0.05) is 39.8 Å². The van der Waals surface area contributed by atoms with Gasteiger partial charge in [0.05, 0.1) is 49.8 Å². The Morgan fingerprint density at radius 2 is 1.53 bits per heavy atom. The van der Waals surface area contributed by atoms with E-state index in [9.17, 15) is 51.1 Å². The van der Waals surface area contributed by atoms with E-state index >= 15 is 0 Å². The van der Waals surface area contributed by atoms with E-state index in [-0.39, 0.29) is 48.7 Å². The highest BCUT2D eigenvalue weighted by Gasteiger charge is 2.71. The van der Waals surface area contributed by atoms with Crippen molar-refractivity contribution in [1.82, 2.24) is 0 Å². The summed E-state index contributed by atoms with van der Waals surface area (Å²) >= 11 is 0. The van der Waals surface area contributed by atoms with Crippen molar-refractivity contribution in [2.75, 3.05) is 19.8 Å². The van der Waals surface area contributed by atoms with Crippen molar-refractivity contribution >= 4 is 0 Å². The summed E-state index contributed by atoms with van der Waals surface area (Å²) < 4.78 is 22.7. The van der Waals surface area contributed by atoms with E-state index in [0.717, 1.165) is 6.42 Å². The second-order valence-electron chi connectivity index (χ2n) is 17.4. The van der Waals surface area contributed by atoms with Gasteiger partial charge < -0.3 is 70.0 Å². The maximum absolute atomic E-state index is 12.5. The van der Waals surface area contributed by atoms with Gasteiger partial charge in [-0.2, -0.15) is 0 Å². The third-order valence-corrected chi connectivity index (χ3v) is 14.2. The van der Waals surface area contributed by atoms with Crippen molar-refractivity contribution in [3.63, 3.8) is 0 Å². The first-order valence-corrected chi connectivity index (χ1v) is 19.0. The predicted octanol–water partition coefficient (Wildman–Crippen LogP) is -0.829. The average Bonchev–Trinajstić information content (AvgIpc) is 3.53. The van der Waals surface area contributed by atoms with Crippen LogP contribution in [0.15, 0.2) is 12.2 Å². The molecular weight excluding hydrogens is 668 g/mol. The Kier molecular flexibility index (Phi) is 11.7. The monoisotopic (exact) mass is 730 g/mol. The molecule has 51 heavy (non-hydrogen) atoms. The number of aliphatic hydroxyl groups excluding tert-OH is 9. The van der Waals surface area contributed by atoms with Gasteiger partial charge in [0.2, 0.25) is 0 Å². The van der Waals surface area contributed by atoms with Crippen molar-refractivity contribution in [3.8, 4) is 0 Å². The number of fused-ring (bicyclic) bond motifs is 5. The molecule has 21 atom stereocenters. The number of hydrogen-bond acceptors (Lipinski definition) is 14. The van der Waals surface area contributed by atoms with Crippen molar-refractivity contribution in [3.05, 3.63) is 12.2 Å². The van der Waals surface area contributed by atoms with Gasteiger partial charge in [0.25, 0.3) is 0 Å². The fourth-order valence-electron chi connectivity index (χ4n) is 11.6. The van der Waals surface area contributed by atoms with Crippen LogP contribution in [0.4, 0.5) is 0 Å². The van der Waals surface area contributed by atoms with Crippen LogP contribution in [0.1, 0.15) is 72.6 Å². The molecule has 2 aliphatic heterocycles. The van der Waals surface area contributed by atoms with Gasteiger partial charge in [0, 0.05) is 18.3 Å². The molecule has 4 saturated carbocycles. The standard InChI is InChI=1S/C37H62O14/c1-17(15-48-34-31(29(45)24(14-38)50-34)51-33-30(46)28(44)23(42)16-49-33)6-5-7-18(2)19-12-21(40)32-35(19,3)11-9-25-36(4)10-8-20(39)27(43)26(36)22(41)13-37(25,32)47/h5,7,17-34,38-47H,6,8-16H2,1-4H3/b7-5+/t17?,18?,19-,20+,21-,22+,23?,24?,25?,26?,27+,28?,29?,30?,31?,32?,33?,34?,35-,36-,37+/m1/s1. The number of ether oxygens (including phenoxy) is 4. The maximum atomic E-state index is 12.5. The van der Waals surface area contributed by atoms with Gasteiger partial charge in [0.15, 0.2) is 12.6 Å². The van der Waals surface area contributed by atoms with E-state index in [4.69, 9.17) is 18.9 Å². The minimum atomic E-state index is -1.57. The number of aliphatic hydroxyl groups is 10. The molecule has 14 heteroatoms. The molecule has 0 aromatic heterocycles. The largest absolute Gasteiger partial charge is 0.394 e. The highest BCUT2D eigenvalue weighted by atomic mass is 16.8. The molecular formula is C37H62O14. The third-order valence-electron chi connectivity index (χ3n) is 14.2. The van der Waals surface area contributed by atoms with Gasteiger partial charge in [-0.25, -0.2) is 0 Å². The smallest absolute Gasteiger partial charge is 0.187 e. The van der Waals surface area contributed by atoms with E-state index in [2.05, 4.69) is 26.0 Å². The molecule has 14 nitrogen and oxygen atoms in total. The van der Waals surface area contributed by atoms with Crippen LogP contribution < -0.4 is 0 Å². The topological polar surface area (TPSA) is 239 Å². The first-order valence-electron chi connectivity index (χ1n) is 19.0. The molecule has 2 saturated heterocycles. The fourth-order valence-corrected chi connectivity index (χ4v) is 11.6. The number of rotatable bonds is 10. The Hall–Kier alpha value is -0.820. The van der Waals surface area contributed by atoms with Crippen LogP contribution in [0.3, 0.4) is 0 Å². The summed E-state index contributed by atoms with van der Waals surface area (Å²) in [7, 11) is 0. The van der Waals surface area contributed by atoms with Gasteiger partial charge in [-0.15, -0.1) is 0 Å². The second-order valence-corrected chi connectivity index (χ2v) is 17.4. The van der Waals surface area contributed by atoms with Gasteiger partial charge >= 0.3 is 0 Å². The minimum Gasteiger partial charge on any atom is -0.394 e. The molecule has 0 bridgehead atoms. The van der Waals surface area contributed by atoms with Crippen LogP contribution in [0.5, 0.6) is 0 Å². The van der Waals surface area contributed by atoms with Crippen LogP contribution in [-0.2, 0) is 18.9 Å². The quantitative estimate of drug-likeness (QED) is 0.124. The van der Waals surface area contributed by atoms with E-state index < -0.39 is 103 Å². The van der Waals surface area contributed by atoms with Crippen LogP contribution in [0.2, 0.25) is 0 Å². The Labute approximate surface area is 300 Å². The number of allylic oxidation sites excluding steroid dienone is 2. The highest BCUT2D eigenvalue weighted by Crippen LogP contribution is 2.69. The van der Waals surface area contributed by atoms with Gasteiger partial charge in [-0.3, -0.25) is 0 Å². The van der Waals surface area contributed by atoms with E-state index in [0.29, 0.717) is 32.1 Å². The molecule has 13 unspecified atom stereocenters. The summed E-state index contributed by atoms with van der Waals surface area (Å²) in [5, 5.41) is 107. The van der Waals surface area contributed by atoms with Crippen LogP contribution in [0, 0.1) is 46.3 Å². The molecule has 0 amide bonds. The molecule has 4 aliphatic carbocycles. The lowest BCUT2D eigenvalue weighted by Gasteiger charge is -2.66. The molecule has 294 valence electrons. The summed E-state index contributed by atoms with van der Waals surface area (Å²) in [6, 6.07) is 0. The number of hydrogen-bond donors (Lipinski definition) is 10. The molecule has 0 aromatic carbocycles. The van der Waals surface area contributed by atoms with E-state index in [1.807, 2.05) is 13.8 Å². The molecule has 6 rings (SSSR count). The Morgan fingerprint density at radius 1 is 0.824 bits per heavy atom. The van der Waals surface area contributed by atoms with Gasteiger partial charge in [0.1, 0.15) is 36.6 Å². The van der Waals surface area contributed by atoms with Gasteiger partial charge in [-0.05, 0) is 73.0 Å². The zero-order valence-electron chi connectivity index (χ0n) is 30.2. The fraction of sp³-hybridized carbons (Fsp3) is 0.946. The molecule has 0 radical (unpaired) electrons. The Bertz CT molecular complexity index is 1220. The van der Waals surface area contributed by atoms with Crippen LogP contribution >= 0.6 is 0 Å². The van der Waals surface area contributed by atoms with Crippen molar-refractivity contribution in [2.24, 2.45) is 46.3 Å². The Morgan fingerprint density at radius 3 is 2.24 bits per heavy atom. The molecule has 0 aromatic rings. The van der Waals surface area contributed by atoms with Crippen molar-refractivity contribution in [1.29, 1.82) is 0 Å². The molecule has 6 fully saturated rings. The lowest BCUT2D eigenvalue weighted by molar-refractivity contribution is -0.303. The second kappa shape index (κ2) is 15.0. The summed E-state index contributed by atoms with van der Waals surface area (Å²) in [5.74, 6) is -0.987. The SMILES string of the molecule is CC(C/C=C/C(C)[C@H]1C[C@@H](O)C2[C@]3(O)C[C@H](O)C4[C@@H](O)[C@@H](O)CC[C@]4(C)C3CC[C@@]21C)COC1OC(CO)C(O)C1OC1OCC(O)C(O)C1O. The summed E-state index contributed by atoms with van der Waals surface area (Å²) in [6.07, 6.45) is -5.85. The summed E-state index contributed by atoms with van der Waals surface area (Å²) in [5.41, 5.74) is -2.23. The van der Waals surface area contributed by atoms with Crippen molar-refractivity contribution < 1.29 is 70.0 Å². The normalized spacial score (nSPS) is 54.2. The molecule has 0 spiro atoms. The van der Waals surface area contributed by atoms with Crippen molar-refractivity contribution in [2.45, 2.75) is 152 Å². The first kappa shape index (κ1) is 39.9. The van der Waals surface area contributed by atoms with Crippen LogP contribution in [0.25, 0.3) is 0 Å². The zero-order valence-corrected chi connectivity index (χ0v) is 30.2. The summed E-state index contributed by atoms with van der Waals surface area (Å²) in [4.78, 5) is 0. The summed E-state index contributed by atoms with van der Waals surface area (Å²) in [6.45, 7) is 7.78. The van der Waals surface area contributed by atoms with E-state index in [1.54, 1.807) is 0 Å². The molecule has 6 aliphatic rings. The average molecular weight is 731 g/mol. The lowest BCUT2D eigenvalue weighted by Crippen LogP contribution is -2.70. The molecule has 2 heterocycles. The first-order chi connectivity index (χ1) is 24.0. The predicted molar refractivity (Wildman–Crippen MR) is 179 cm³/mol. The van der Waals surface area contributed by atoms with E-state index in [1.165, 1.54) is 0 Å². The highest BCUT2D eigenvalue weighted by molar-refractivity contribution is 5.21. The lowest BCUT2D eigenvalue weighted by atomic mass is 9.41.